The van der Waals surface area contributed by atoms with Crippen LogP contribution in [0.4, 0.5) is 0 Å². The zero-order chi connectivity index (χ0) is 13.4. The third kappa shape index (κ3) is 5.46. The standard InChI is InChI=1S/C6H12N2O.C6H11NO2/c1-6(9)8-4-2-7-3-5-8;1-6(8)7-2-4-9-5-3-7/h7H,2-5H2,1H3;2-5H2,1H3. The van der Waals surface area contributed by atoms with Crippen molar-refractivity contribution in [2.24, 2.45) is 0 Å². The van der Waals surface area contributed by atoms with Gasteiger partial charge in [0.1, 0.15) is 0 Å². The topological polar surface area (TPSA) is 61.9 Å². The van der Waals surface area contributed by atoms with E-state index < -0.39 is 0 Å². The van der Waals surface area contributed by atoms with Gasteiger partial charge >= 0.3 is 0 Å². The second-order valence-corrected chi connectivity index (χ2v) is 4.37. The predicted octanol–water partition coefficient (Wildman–Crippen LogP) is -0.697. The third-order valence-corrected chi connectivity index (χ3v) is 3.02. The molecule has 2 aliphatic heterocycles. The molecule has 0 bridgehead atoms. The molecule has 0 aliphatic carbocycles. The molecule has 18 heavy (non-hydrogen) atoms. The Morgan fingerprint density at radius 2 is 1.33 bits per heavy atom. The van der Waals surface area contributed by atoms with Gasteiger partial charge in [-0.2, -0.15) is 0 Å². The lowest BCUT2D eigenvalue weighted by molar-refractivity contribution is -0.132. The molecule has 104 valence electrons. The fourth-order valence-electron chi connectivity index (χ4n) is 1.86. The normalized spacial score (nSPS) is 19.9. The van der Waals surface area contributed by atoms with Crippen molar-refractivity contribution in [1.29, 1.82) is 0 Å². The first-order chi connectivity index (χ1) is 8.61. The van der Waals surface area contributed by atoms with Crippen LogP contribution < -0.4 is 5.32 Å². The number of hydrogen-bond acceptors (Lipinski definition) is 4. The Morgan fingerprint density at radius 1 is 0.889 bits per heavy atom. The van der Waals surface area contributed by atoms with Crippen LogP contribution in [0.15, 0.2) is 0 Å². The fraction of sp³-hybridized carbons (Fsp3) is 0.833. The first kappa shape index (κ1) is 14.9. The minimum Gasteiger partial charge on any atom is -0.378 e. The van der Waals surface area contributed by atoms with Crippen LogP contribution in [-0.2, 0) is 14.3 Å². The van der Waals surface area contributed by atoms with E-state index in [0.29, 0.717) is 13.2 Å². The highest BCUT2D eigenvalue weighted by Gasteiger charge is 2.11. The van der Waals surface area contributed by atoms with E-state index >= 15 is 0 Å². The van der Waals surface area contributed by atoms with Crippen LogP contribution in [0, 0.1) is 0 Å². The Bertz CT molecular complexity index is 244. The molecule has 0 radical (unpaired) electrons. The number of nitrogens with one attached hydrogen (secondary N) is 1. The van der Waals surface area contributed by atoms with E-state index in [-0.39, 0.29) is 11.8 Å². The van der Waals surface area contributed by atoms with E-state index in [1.165, 1.54) is 0 Å². The van der Waals surface area contributed by atoms with E-state index in [0.717, 1.165) is 39.3 Å². The van der Waals surface area contributed by atoms with Crippen molar-refractivity contribution in [1.82, 2.24) is 15.1 Å². The maximum Gasteiger partial charge on any atom is 0.219 e. The van der Waals surface area contributed by atoms with Crippen molar-refractivity contribution in [2.75, 3.05) is 52.5 Å². The summed E-state index contributed by atoms with van der Waals surface area (Å²) in [7, 11) is 0. The quantitative estimate of drug-likeness (QED) is 0.623. The monoisotopic (exact) mass is 257 g/mol. The zero-order valence-corrected chi connectivity index (χ0v) is 11.3. The molecule has 2 fully saturated rings. The van der Waals surface area contributed by atoms with Gasteiger partial charge in [-0.15, -0.1) is 0 Å². The molecular weight excluding hydrogens is 234 g/mol. The third-order valence-electron chi connectivity index (χ3n) is 3.02. The van der Waals surface area contributed by atoms with E-state index in [4.69, 9.17) is 4.74 Å². The van der Waals surface area contributed by atoms with Gasteiger partial charge in [-0.05, 0) is 0 Å². The maximum absolute atomic E-state index is 10.7. The Morgan fingerprint density at radius 3 is 1.67 bits per heavy atom. The highest BCUT2D eigenvalue weighted by molar-refractivity contribution is 5.73. The van der Waals surface area contributed by atoms with Gasteiger partial charge < -0.3 is 19.9 Å². The number of piperazine rings is 1. The average Bonchev–Trinajstić information content (AvgIpc) is 2.41. The number of ether oxygens (including phenoxy) is 1. The molecule has 0 aromatic carbocycles. The number of rotatable bonds is 0. The molecule has 2 aliphatic rings. The molecule has 0 aromatic rings. The number of hydrogen-bond donors (Lipinski definition) is 1. The summed E-state index contributed by atoms with van der Waals surface area (Å²) in [6.07, 6.45) is 0. The Kier molecular flexibility index (Phi) is 6.67. The van der Waals surface area contributed by atoms with E-state index in [1.54, 1.807) is 18.7 Å². The minimum absolute atomic E-state index is 0.151. The summed E-state index contributed by atoms with van der Waals surface area (Å²) in [5.41, 5.74) is 0. The Balaban J connectivity index is 0.000000180. The first-order valence-corrected chi connectivity index (χ1v) is 6.40. The molecule has 0 aromatic heterocycles. The second-order valence-electron chi connectivity index (χ2n) is 4.37. The molecule has 0 atom stereocenters. The van der Waals surface area contributed by atoms with Gasteiger partial charge in [0.15, 0.2) is 0 Å². The maximum atomic E-state index is 10.7. The van der Waals surface area contributed by atoms with E-state index in [2.05, 4.69) is 5.32 Å². The number of amides is 2. The van der Waals surface area contributed by atoms with Crippen molar-refractivity contribution < 1.29 is 14.3 Å². The number of carbonyl (C=O) groups excluding carboxylic acids is 2. The lowest BCUT2D eigenvalue weighted by Gasteiger charge is -2.25. The van der Waals surface area contributed by atoms with Crippen LogP contribution in [0.2, 0.25) is 0 Å². The van der Waals surface area contributed by atoms with Crippen molar-refractivity contribution in [3.8, 4) is 0 Å². The van der Waals surface area contributed by atoms with Gasteiger partial charge in [0.05, 0.1) is 13.2 Å². The largest absolute Gasteiger partial charge is 0.378 e. The van der Waals surface area contributed by atoms with E-state index in [1.807, 2.05) is 4.90 Å². The Labute approximate surface area is 108 Å². The van der Waals surface area contributed by atoms with Crippen LogP contribution >= 0.6 is 0 Å². The lowest BCUT2D eigenvalue weighted by Crippen LogP contribution is -2.45. The molecule has 6 heteroatoms. The van der Waals surface area contributed by atoms with Gasteiger partial charge in [-0.25, -0.2) is 0 Å². The molecule has 0 spiro atoms. The number of morpholine rings is 1. The smallest absolute Gasteiger partial charge is 0.219 e. The van der Waals surface area contributed by atoms with E-state index in [9.17, 15) is 9.59 Å². The average molecular weight is 257 g/mol. The predicted molar refractivity (Wildman–Crippen MR) is 68.2 cm³/mol. The fourth-order valence-corrected chi connectivity index (χ4v) is 1.86. The summed E-state index contributed by atoms with van der Waals surface area (Å²) in [6, 6.07) is 0. The zero-order valence-electron chi connectivity index (χ0n) is 11.3. The van der Waals surface area contributed by atoms with Gasteiger partial charge in [-0.1, -0.05) is 0 Å². The molecule has 2 amide bonds. The molecule has 1 N–H and O–H groups in total. The van der Waals surface area contributed by atoms with Crippen LogP contribution in [0.25, 0.3) is 0 Å². The molecule has 2 saturated heterocycles. The number of carbonyl (C=O) groups is 2. The number of nitrogens with zero attached hydrogens (tertiary/aromatic N) is 2. The summed E-state index contributed by atoms with van der Waals surface area (Å²) in [5.74, 6) is 0.342. The van der Waals surface area contributed by atoms with Crippen LogP contribution in [0.3, 0.4) is 0 Å². The molecular formula is C12H23N3O3. The SMILES string of the molecule is CC(=O)N1CCNCC1.CC(=O)N1CCOCC1. The van der Waals surface area contributed by atoms with Crippen molar-refractivity contribution >= 4 is 11.8 Å². The van der Waals surface area contributed by atoms with Crippen LogP contribution in [-0.4, -0.2) is 74.1 Å². The van der Waals surface area contributed by atoms with Gasteiger partial charge in [0, 0.05) is 53.1 Å². The molecule has 2 rings (SSSR count). The summed E-state index contributed by atoms with van der Waals surface area (Å²) < 4.78 is 5.06. The molecule has 0 saturated carbocycles. The van der Waals surface area contributed by atoms with Crippen molar-refractivity contribution in [2.45, 2.75) is 13.8 Å². The molecule has 0 unspecified atom stereocenters. The summed E-state index contributed by atoms with van der Waals surface area (Å²) in [4.78, 5) is 25.0. The van der Waals surface area contributed by atoms with Gasteiger partial charge in [0.25, 0.3) is 0 Å². The highest BCUT2D eigenvalue weighted by Crippen LogP contribution is 1.95. The van der Waals surface area contributed by atoms with Crippen molar-refractivity contribution in [3.63, 3.8) is 0 Å². The molecule has 6 nitrogen and oxygen atoms in total. The Hall–Kier alpha value is -1.14. The summed E-state index contributed by atoms with van der Waals surface area (Å²) in [5, 5.41) is 3.18. The summed E-state index contributed by atoms with van der Waals surface area (Å²) >= 11 is 0. The van der Waals surface area contributed by atoms with Crippen molar-refractivity contribution in [3.05, 3.63) is 0 Å². The lowest BCUT2D eigenvalue weighted by atomic mass is 10.4. The molecule has 2 heterocycles. The second kappa shape index (κ2) is 8.05. The van der Waals surface area contributed by atoms with Crippen LogP contribution in [0.1, 0.15) is 13.8 Å². The summed E-state index contributed by atoms with van der Waals surface area (Å²) in [6.45, 7) is 9.74. The van der Waals surface area contributed by atoms with Gasteiger partial charge in [0.2, 0.25) is 11.8 Å². The minimum atomic E-state index is 0.151. The highest BCUT2D eigenvalue weighted by atomic mass is 16.5. The van der Waals surface area contributed by atoms with Gasteiger partial charge in [-0.3, -0.25) is 9.59 Å². The van der Waals surface area contributed by atoms with Crippen LogP contribution in [0.5, 0.6) is 0 Å². The first-order valence-electron chi connectivity index (χ1n) is 6.40.